The Hall–Kier alpha value is -4.20. The number of amides is 1. The number of aryl methyl sites for hydroxylation is 1. The molecule has 0 saturated carbocycles. The number of benzene rings is 3. The molecule has 2 aliphatic heterocycles. The molecular weight excluding hydrogens is 490 g/mol. The fraction of sp³-hybridized carbons (Fsp3) is 0.267. The van der Waals surface area contributed by atoms with Gasteiger partial charge in [0, 0.05) is 30.4 Å². The summed E-state index contributed by atoms with van der Waals surface area (Å²) in [5.41, 5.74) is 2.29. The molecule has 2 heterocycles. The van der Waals surface area contributed by atoms with Crippen LogP contribution in [0.4, 0.5) is 20.2 Å². The molecule has 8 heteroatoms. The summed E-state index contributed by atoms with van der Waals surface area (Å²) in [5.74, 6) is -3.39. The number of hydrogen-bond acceptors (Lipinski definition) is 5. The van der Waals surface area contributed by atoms with Crippen molar-refractivity contribution in [2.24, 2.45) is 0 Å². The summed E-state index contributed by atoms with van der Waals surface area (Å²) in [7, 11) is 0. The van der Waals surface area contributed by atoms with Crippen LogP contribution in [0, 0.1) is 11.6 Å². The standard InChI is InChI=1S/C30H28F2N2O4/c1-3-33(4-2)22-11-7-18(8-12-22)27-26(28(35)20-9-14-25-19(16-20)6-5-15-38-25)29(36)30(37)34(27)24-13-10-21(31)17-23(24)32/h7-14,16-17,27,35H,3-6,15H2,1-2H3/b28-26-. The summed E-state index contributed by atoms with van der Waals surface area (Å²) >= 11 is 0. The molecule has 1 unspecified atom stereocenters. The number of ketones is 1. The van der Waals surface area contributed by atoms with E-state index >= 15 is 0 Å². The Morgan fingerprint density at radius 1 is 1.03 bits per heavy atom. The molecule has 0 bridgehead atoms. The van der Waals surface area contributed by atoms with Crippen molar-refractivity contribution < 1.29 is 28.2 Å². The van der Waals surface area contributed by atoms with Gasteiger partial charge in [-0.3, -0.25) is 14.5 Å². The van der Waals surface area contributed by atoms with E-state index in [-0.39, 0.29) is 17.0 Å². The van der Waals surface area contributed by atoms with Crippen LogP contribution in [0.3, 0.4) is 0 Å². The predicted octanol–water partition coefficient (Wildman–Crippen LogP) is 5.76. The molecule has 3 aromatic rings. The fourth-order valence-corrected chi connectivity index (χ4v) is 5.19. The largest absolute Gasteiger partial charge is 0.507 e. The number of rotatable bonds is 6. The van der Waals surface area contributed by atoms with E-state index in [1.54, 1.807) is 30.3 Å². The molecule has 5 rings (SSSR count). The van der Waals surface area contributed by atoms with Crippen molar-refractivity contribution in [3.63, 3.8) is 0 Å². The molecule has 0 spiro atoms. The van der Waals surface area contributed by atoms with Crippen molar-refractivity contribution in [3.05, 3.63) is 94.6 Å². The normalized spacial score (nSPS) is 18.3. The molecule has 0 aliphatic carbocycles. The second kappa shape index (κ2) is 10.3. The number of aliphatic hydroxyl groups is 1. The van der Waals surface area contributed by atoms with Crippen molar-refractivity contribution in [2.45, 2.75) is 32.7 Å². The second-order valence-electron chi connectivity index (χ2n) is 9.30. The number of carbonyl (C=O) groups excluding carboxylic acids is 2. The van der Waals surface area contributed by atoms with Crippen molar-refractivity contribution in [1.82, 2.24) is 0 Å². The lowest BCUT2D eigenvalue weighted by Crippen LogP contribution is -2.30. The van der Waals surface area contributed by atoms with E-state index in [1.165, 1.54) is 0 Å². The highest BCUT2D eigenvalue weighted by molar-refractivity contribution is 6.51. The summed E-state index contributed by atoms with van der Waals surface area (Å²) in [6.45, 7) is 6.25. The Morgan fingerprint density at radius 3 is 2.45 bits per heavy atom. The van der Waals surface area contributed by atoms with Crippen molar-refractivity contribution in [1.29, 1.82) is 0 Å². The zero-order chi connectivity index (χ0) is 27.0. The number of ether oxygens (including phenoxy) is 1. The van der Waals surface area contributed by atoms with Gasteiger partial charge in [0.25, 0.3) is 11.7 Å². The minimum Gasteiger partial charge on any atom is -0.507 e. The topological polar surface area (TPSA) is 70.1 Å². The number of fused-ring (bicyclic) bond motifs is 1. The highest BCUT2D eigenvalue weighted by Crippen LogP contribution is 2.43. The van der Waals surface area contributed by atoms with Gasteiger partial charge in [0.2, 0.25) is 0 Å². The summed E-state index contributed by atoms with van der Waals surface area (Å²) < 4.78 is 34.3. The first-order valence-electron chi connectivity index (χ1n) is 12.7. The van der Waals surface area contributed by atoms with Gasteiger partial charge in [0.1, 0.15) is 23.1 Å². The van der Waals surface area contributed by atoms with Crippen LogP contribution in [0.25, 0.3) is 5.76 Å². The Bertz CT molecular complexity index is 1430. The molecule has 2 aliphatic rings. The Morgan fingerprint density at radius 2 is 1.76 bits per heavy atom. The quantitative estimate of drug-likeness (QED) is 0.255. The first-order valence-corrected chi connectivity index (χ1v) is 12.7. The van der Waals surface area contributed by atoms with E-state index in [0.717, 1.165) is 54.2 Å². The van der Waals surface area contributed by atoms with Crippen LogP contribution < -0.4 is 14.5 Å². The average Bonchev–Trinajstić information content (AvgIpc) is 3.19. The predicted molar refractivity (Wildman–Crippen MR) is 141 cm³/mol. The van der Waals surface area contributed by atoms with Crippen LogP contribution in [0.5, 0.6) is 5.75 Å². The third kappa shape index (κ3) is 4.40. The highest BCUT2D eigenvalue weighted by atomic mass is 19.1. The SMILES string of the molecule is CCN(CC)c1ccc(C2/C(=C(/O)c3ccc4c(c3)CCCO4)C(=O)C(=O)N2c2ccc(F)cc2F)cc1. The van der Waals surface area contributed by atoms with Gasteiger partial charge in [0.05, 0.1) is 23.9 Å². The van der Waals surface area contributed by atoms with Gasteiger partial charge in [-0.2, -0.15) is 0 Å². The number of carbonyl (C=O) groups is 2. The van der Waals surface area contributed by atoms with E-state index in [2.05, 4.69) is 4.90 Å². The summed E-state index contributed by atoms with van der Waals surface area (Å²) in [4.78, 5) is 29.8. The lowest BCUT2D eigenvalue weighted by Gasteiger charge is -2.27. The van der Waals surface area contributed by atoms with Gasteiger partial charge in [0.15, 0.2) is 0 Å². The molecule has 38 heavy (non-hydrogen) atoms. The van der Waals surface area contributed by atoms with E-state index in [1.807, 2.05) is 26.0 Å². The van der Waals surface area contributed by atoms with E-state index in [4.69, 9.17) is 4.74 Å². The van der Waals surface area contributed by atoms with Crippen LogP contribution in [0.2, 0.25) is 0 Å². The maximum Gasteiger partial charge on any atom is 0.300 e. The summed E-state index contributed by atoms with van der Waals surface area (Å²) in [6.07, 6.45) is 1.58. The minimum absolute atomic E-state index is 0.161. The molecule has 1 fully saturated rings. The maximum absolute atomic E-state index is 14.9. The van der Waals surface area contributed by atoms with Gasteiger partial charge in [-0.05, 0) is 80.3 Å². The van der Waals surface area contributed by atoms with Gasteiger partial charge in [-0.15, -0.1) is 0 Å². The van der Waals surface area contributed by atoms with Crippen LogP contribution in [0.1, 0.15) is 43.0 Å². The second-order valence-corrected chi connectivity index (χ2v) is 9.30. The van der Waals surface area contributed by atoms with Crippen LogP contribution in [-0.2, 0) is 16.0 Å². The molecule has 1 N–H and O–H groups in total. The molecule has 3 aromatic carbocycles. The van der Waals surface area contributed by atoms with E-state index < -0.39 is 29.4 Å². The zero-order valence-corrected chi connectivity index (χ0v) is 21.2. The van der Waals surface area contributed by atoms with Gasteiger partial charge < -0.3 is 14.7 Å². The Balaban J connectivity index is 1.68. The first-order chi connectivity index (χ1) is 18.3. The van der Waals surface area contributed by atoms with Gasteiger partial charge in [-0.25, -0.2) is 8.78 Å². The van der Waals surface area contributed by atoms with Gasteiger partial charge >= 0.3 is 0 Å². The monoisotopic (exact) mass is 518 g/mol. The van der Waals surface area contributed by atoms with Crippen LogP contribution in [-0.4, -0.2) is 36.5 Å². The van der Waals surface area contributed by atoms with Crippen LogP contribution in [0.15, 0.2) is 66.2 Å². The molecule has 6 nitrogen and oxygen atoms in total. The number of hydrogen-bond donors (Lipinski definition) is 1. The average molecular weight is 519 g/mol. The molecular formula is C30H28F2N2O4. The third-order valence-corrected chi connectivity index (χ3v) is 7.13. The summed E-state index contributed by atoms with van der Waals surface area (Å²) in [6, 6.07) is 14.0. The number of aliphatic hydroxyl groups excluding tert-OH is 1. The summed E-state index contributed by atoms with van der Waals surface area (Å²) in [5, 5.41) is 11.4. The number of anilines is 2. The number of Topliss-reactive ketones (excluding diaryl/α,β-unsaturated/α-hetero) is 1. The van der Waals surface area contributed by atoms with Crippen molar-refractivity contribution in [3.8, 4) is 5.75 Å². The minimum atomic E-state index is -1.12. The molecule has 0 radical (unpaired) electrons. The fourth-order valence-electron chi connectivity index (χ4n) is 5.19. The van der Waals surface area contributed by atoms with E-state index in [9.17, 15) is 23.5 Å². The Labute approximate surface area is 219 Å². The first kappa shape index (κ1) is 25.4. The maximum atomic E-state index is 14.9. The van der Waals surface area contributed by atoms with Crippen molar-refractivity contribution in [2.75, 3.05) is 29.5 Å². The smallest absolute Gasteiger partial charge is 0.300 e. The lowest BCUT2D eigenvalue weighted by molar-refractivity contribution is -0.132. The molecule has 1 saturated heterocycles. The lowest BCUT2D eigenvalue weighted by atomic mass is 9.93. The molecule has 1 atom stereocenters. The number of halogens is 2. The molecule has 0 aromatic heterocycles. The van der Waals surface area contributed by atoms with Gasteiger partial charge in [-0.1, -0.05) is 12.1 Å². The van der Waals surface area contributed by atoms with Crippen molar-refractivity contribution >= 4 is 28.8 Å². The zero-order valence-electron chi connectivity index (χ0n) is 21.2. The molecule has 1 amide bonds. The number of nitrogens with zero attached hydrogens (tertiary/aromatic N) is 2. The third-order valence-electron chi connectivity index (χ3n) is 7.13. The van der Waals surface area contributed by atoms with E-state index in [0.29, 0.717) is 29.5 Å². The molecule has 196 valence electrons. The van der Waals surface area contributed by atoms with Crippen LogP contribution >= 0.6 is 0 Å². The Kier molecular flexibility index (Phi) is 6.89. The highest BCUT2D eigenvalue weighted by Gasteiger charge is 2.47.